The number of rotatable bonds is 7. The summed E-state index contributed by atoms with van der Waals surface area (Å²) in [7, 11) is -3.64. The third kappa shape index (κ3) is 5.15. The number of piperidine rings is 1. The summed E-state index contributed by atoms with van der Waals surface area (Å²) in [5.41, 5.74) is 1.37. The minimum absolute atomic E-state index is 0.00879. The summed E-state index contributed by atoms with van der Waals surface area (Å²) in [6, 6.07) is 7.07. The van der Waals surface area contributed by atoms with E-state index in [0.717, 1.165) is 43.3 Å². The number of nitrogens with zero attached hydrogens (tertiary/aromatic N) is 3. The highest BCUT2D eigenvalue weighted by atomic mass is 35.5. The van der Waals surface area contributed by atoms with Crippen LogP contribution in [0.2, 0.25) is 5.02 Å². The monoisotopic (exact) mass is 555 g/mol. The van der Waals surface area contributed by atoms with Gasteiger partial charge < -0.3 is 9.30 Å². The van der Waals surface area contributed by atoms with Crippen molar-refractivity contribution < 1.29 is 21.9 Å². The van der Waals surface area contributed by atoms with Gasteiger partial charge in [-0.05, 0) is 61.9 Å². The van der Waals surface area contributed by atoms with E-state index in [1.54, 1.807) is 22.5 Å². The molecule has 5 rings (SSSR count). The van der Waals surface area contributed by atoms with E-state index in [2.05, 4.69) is 6.92 Å². The van der Waals surface area contributed by atoms with Crippen molar-refractivity contribution in [1.29, 1.82) is 0 Å². The van der Waals surface area contributed by atoms with Gasteiger partial charge in [-0.25, -0.2) is 22.2 Å². The topological polar surface area (TPSA) is 64.4 Å². The van der Waals surface area contributed by atoms with Crippen molar-refractivity contribution >= 4 is 44.4 Å². The molecule has 3 heterocycles. The number of hydrogen-bond acceptors (Lipinski definition) is 5. The fourth-order valence-corrected chi connectivity index (χ4v) is 7.84. The van der Waals surface area contributed by atoms with Crippen LogP contribution in [0, 0.1) is 17.6 Å². The van der Waals surface area contributed by atoms with Crippen molar-refractivity contribution in [1.82, 2.24) is 13.9 Å². The number of benzene rings is 2. The van der Waals surface area contributed by atoms with Crippen molar-refractivity contribution in [2.24, 2.45) is 5.92 Å². The Bertz CT molecular complexity index is 1380. The van der Waals surface area contributed by atoms with Crippen LogP contribution in [0.1, 0.15) is 38.2 Å². The quantitative estimate of drug-likeness (QED) is 0.270. The highest BCUT2D eigenvalue weighted by molar-refractivity contribution is 7.98. The molecule has 11 heteroatoms. The Labute approximate surface area is 219 Å². The van der Waals surface area contributed by atoms with Gasteiger partial charge in [0.1, 0.15) is 11.6 Å². The van der Waals surface area contributed by atoms with Gasteiger partial charge in [-0.15, -0.1) is 0 Å². The van der Waals surface area contributed by atoms with Crippen molar-refractivity contribution in [3.63, 3.8) is 0 Å². The fraction of sp³-hybridized carbons (Fsp3) is 0.480. The van der Waals surface area contributed by atoms with Crippen LogP contribution >= 0.6 is 23.4 Å². The maximum Gasteiger partial charge on any atom is 0.243 e. The normalized spacial score (nSPS) is 21.4. The predicted octanol–water partition coefficient (Wildman–Crippen LogP) is 5.86. The molecule has 0 radical (unpaired) electrons. The number of imidazole rings is 1. The molecule has 194 valence electrons. The fourth-order valence-electron chi connectivity index (χ4n) is 4.88. The zero-order valence-corrected chi connectivity index (χ0v) is 22.3. The lowest BCUT2D eigenvalue weighted by Crippen LogP contribution is -2.39. The van der Waals surface area contributed by atoms with Crippen LogP contribution in [0.25, 0.3) is 11.0 Å². The number of ether oxygens (including phenoxy) is 1. The summed E-state index contributed by atoms with van der Waals surface area (Å²) >= 11 is 7.26. The largest absolute Gasteiger partial charge is 0.376 e. The van der Waals surface area contributed by atoms with Gasteiger partial charge in [-0.2, -0.15) is 4.31 Å². The number of fused-ring (bicyclic) bond motifs is 1. The molecule has 3 aromatic rings. The van der Waals surface area contributed by atoms with E-state index in [0.29, 0.717) is 42.8 Å². The third-order valence-electron chi connectivity index (χ3n) is 6.84. The number of thioether (sulfide) groups is 1. The Kier molecular flexibility index (Phi) is 7.61. The Morgan fingerprint density at radius 3 is 2.72 bits per heavy atom. The standard InChI is InChI=1S/C25H28ClF2N3O3S2/c1-16-4-2-10-30(13-16)36(32,33)18-6-9-23-22(12-18)29-25(31(23)14-17-5-3-11-34-17)35-15-19-20(27)7-8-21(28)24(19)26/h6-9,12,16-17H,2-5,10-11,13-15H2,1H3/t16-,17-/m1/s1. The van der Waals surface area contributed by atoms with Gasteiger partial charge in [0, 0.05) is 31.0 Å². The molecule has 2 aliphatic rings. The first-order chi connectivity index (χ1) is 17.2. The second kappa shape index (κ2) is 10.6. The zero-order valence-electron chi connectivity index (χ0n) is 19.9. The van der Waals surface area contributed by atoms with Crippen molar-refractivity contribution in [2.75, 3.05) is 19.7 Å². The molecule has 0 spiro atoms. The molecule has 0 amide bonds. The molecule has 2 aliphatic heterocycles. The average Bonchev–Trinajstić information content (AvgIpc) is 3.49. The number of sulfonamides is 1. The van der Waals surface area contributed by atoms with Gasteiger partial charge in [0.15, 0.2) is 5.16 Å². The van der Waals surface area contributed by atoms with Crippen molar-refractivity contribution in [3.8, 4) is 0 Å². The first-order valence-electron chi connectivity index (χ1n) is 12.1. The Balaban J connectivity index is 1.49. The smallest absolute Gasteiger partial charge is 0.243 e. The molecule has 0 unspecified atom stereocenters. The van der Waals surface area contributed by atoms with Gasteiger partial charge >= 0.3 is 0 Å². The van der Waals surface area contributed by atoms with Crippen LogP contribution in [-0.2, 0) is 27.1 Å². The minimum Gasteiger partial charge on any atom is -0.376 e. The average molecular weight is 556 g/mol. The molecule has 2 saturated heterocycles. The summed E-state index contributed by atoms with van der Waals surface area (Å²) < 4.78 is 64.3. The SMILES string of the molecule is C[C@@H]1CCCN(S(=O)(=O)c2ccc3c(c2)nc(SCc2c(F)ccc(F)c2Cl)n3C[C@H]2CCCO2)C1. The number of hydrogen-bond donors (Lipinski definition) is 0. The first-order valence-corrected chi connectivity index (χ1v) is 14.9. The second-order valence-electron chi connectivity index (χ2n) is 9.51. The lowest BCUT2D eigenvalue weighted by molar-refractivity contribution is 0.0960. The molecular formula is C25H28ClF2N3O3S2. The molecule has 0 aliphatic carbocycles. The molecule has 1 aromatic heterocycles. The van der Waals surface area contributed by atoms with E-state index >= 15 is 0 Å². The highest BCUT2D eigenvalue weighted by Gasteiger charge is 2.30. The Morgan fingerprint density at radius 2 is 1.97 bits per heavy atom. The maximum absolute atomic E-state index is 14.4. The molecular weight excluding hydrogens is 528 g/mol. The van der Waals surface area contributed by atoms with Gasteiger partial charge in [0.05, 0.1) is 33.6 Å². The summed E-state index contributed by atoms with van der Waals surface area (Å²) in [5.74, 6) is -0.863. The summed E-state index contributed by atoms with van der Waals surface area (Å²) in [5, 5.41) is 0.329. The van der Waals surface area contributed by atoms with Crippen LogP contribution in [0.4, 0.5) is 8.78 Å². The van der Waals surface area contributed by atoms with Crippen LogP contribution in [0.3, 0.4) is 0 Å². The van der Waals surface area contributed by atoms with E-state index in [1.165, 1.54) is 11.8 Å². The van der Waals surface area contributed by atoms with Crippen LogP contribution in [0.5, 0.6) is 0 Å². The molecule has 2 atom stereocenters. The first kappa shape index (κ1) is 25.9. The maximum atomic E-state index is 14.4. The van der Waals surface area contributed by atoms with Crippen LogP contribution in [-0.4, -0.2) is 48.1 Å². The molecule has 36 heavy (non-hydrogen) atoms. The van der Waals surface area contributed by atoms with Gasteiger partial charge in [0.25, 0.3) is 0 Å². The summed E-state index contributed by atoms with van der Waals surface area (Å²) in [4.78, 5) is 4.92. The van der Waals surface area contributed by atoms with Crippen LogP contribution in [0.15, 0.2) is 40.4 Å². The predicted molar refractivity (Wildman–Crippen MR) is 137 cm³/mol. The zero-order chi connectivity index (χ0) is 25.4. The minimum atomic E-state index is -3.64. The van der Waals surface area contributed by atoms with Gasteiger partial charge in [-0.1, -0.05) is 30.3 Å². The lowest BCUT2D eigenvalue weighted by Gasteiger charge is -2.30. The van der Waals surface area contributed by atoms with Gasteiger partial charge in [0.2, 0.25) is 10.0 Å². The van der Waals surface area contributed by atoms with E-state index < -0.39 is 21.7 Å². The Hall–Kier alpha value is -1.72. The highest BCUT2D eigenvalue weighted by Crippen LogP contribution is 2.34. The number of aromatic nitrogens is 2. The van der Waals surface area contributed by atoms with E-state index in [9.17, 15) is 17.2 Å². The van der Waals surface area contributed by atoms with Crippen molar-refractivity contribution in [2.45, 2.75) is 61.1 Å². The van der Waals surface area contributed by atoms with E-state index in [-0.39, 0.29) is 27.3 Å². The van der Waals surface area contributed by atoms with E-state index in [1.807, 2.05) is 4.57 Å². The van der Waals surface area contributed by atoms with Crippen LogP contribution < -0.4 is 0 Å². The summed E-state index contributed by atoms with van der Waals surface area (Å²) in [6.07, 6.45) is 3.76. The second-order valence-corrected chi connectivity index (χ2v) is 12.8. The Morgan fingerprint density at radius 1 is 1.17 bits per heavy atom. The molecule has 0 saturated carbocycles. The summed E-state index contributed by atoms with van der Waals surface area (Å²) in [6.45, 7) is 4.32. The van der Waals surface area contributed by atoms with Crippen molar-refractivity contribution in [3.05, 3.63) is 52.6 Å². The van der Waals surface area contributed by atoms with Gasteiger partial charge in [-0.3, -0.25) is 0 Å². The lowest BCUT2D eigenvalue weighted by atomic mass is 10.0. The molecule has 0 N–H and O–H groups in total. The third-order valence-corrected chi connectivity index (χ3v) is 10.1. The molecule has 0 bridgehead atoms. The van der Waals surface area contributed by atoms with E-state index in [4.69, 9.17) is 21.3 Å². The molecule has 2 fully saturated rings. The molecule has 2 aromatic carbocycles. The molecule has 6 nitrogen and oxygen atoms in total. The number of halogens is 3.